The third-order valence-electron chi connectivity index (χ3n) is 5.97. The standard InChI is InChI=1S/C28H38O8S/c1-3-5-7-9-11-17-35-23-15-13-21(27(29)30)19-25(23)37(33,34)26-20-22(28(31)32)14-16-24(26)36-18-12-10-8-6-4-2/h13-16,19-20H,3-12,17-18H2,1-2H3,(H,29,30)(H,31,32). The molecule has 0 atom stereocenters. The van der Waals surface area contributed by atoms with Crippen LogP contribution in [0.4, 0.5) is 0 Å². The summed E-state index contributed by atoms with van der Waals surface area (Å²) in [6.07, 6.45) is 9.80. The van der Waals surface area contributed by atoms with Crippen molar-refractivity contribution in [3.63, 3.8) is 0 Å². The number of unbranched alkanes of at least 4 members (excludes halogenated alkanes) is 8. The van der Waals surface area contributed by atoms with E-state index in [4.69, 9.17) is 9.47 Å². The van der Waals surface area contributed by atoms with E-state index in [1.54, 1.807) is 0 Å². The van der Waals surface area contributed by atoms with E-state index in [2.05, 4.69) is 13.8 Å². The van der Waals surface area contributed by atoms with Gasteiger partial charge in [0.1, 0.15) is 21.3 Å². The molecule has 37 heavy (non-hydrogen) atoms. The van der Waals surface area contributed by atoms with Crippen molar-refractivity contribution < 1.29 is 37.7 Å². The number of carboxylic acids is 2. The molecule has 0 amide bonds. The van der Waals surface area contributed by atoms with E-state index in [9.17, 15) is 28.2 Å². The SMILES string of the molecule is CCCCCCCOc1ccc(C(=O)O)cc1S(=O)(=O)c1cc(C(=O)O)ccc1OCCCCCCC. The highest BCUT2D eigenvalue weighted by Crippen LogP contribution is 2.36. The van der Waals surface area contributed by atoms with Gasteiger partial charge in [-0.15, -0.1) is 0 Å². The van der Waals surface area contributed by atoms with Crippen molar-refractivity contribution in [3.8, 4) is 11.5 Å². The van der Waals surface area contributed by atoms with E-state index in [-0.39, 0.29) is 45.6 Å². The van der Waals surface area contributed by atoms with Crippen molar-refractivity contribution >= 4 is 21.8 Å². The molecular formula is C28H38O8S. The fraction of sp³-hybridized carbons (Fsp3) is 0.500. The van der Waals surface area contributed by atoms with E-state index < -0.39 is 21.8 Å². The molecule has 0 aliphatic rings. The van der Waals surface area contributed by atoms with Crippen LogP contribution < -0.4 is 9.47 Å². The molecule has 0 unspecified atom stereocenters. The van der Waals surface area contributed by atoms with Crippen molar-refractivity contribution in [1.29, 1.82) is 0 Å². The average Bonchev–Trinajstić information content (AvgIpc) is 2.88. The number of hydrogen-bond acceptors (Lipinski definition) is 6. The maximum Gasteiger partial charge on any atom is 0.335 e. The molecule has 0 radical (unpaired) electrons. The van der Waals surface area contributed by atoms with Gasteiger partial charge in [-0.1, -0.05) is 65.2 Å². The maximum absolute atomic E-state index is 13.8. The number of carbonyl (C=O) groups is 2. The Morgan fingerprint density at radius 3 is 1.38 bits per heavy atom. The topological polar surface area (TPSA) is 127 Å². The van der Waals surface area contributed by atoms with Crippen LogP contribution in [0.3, 0.4) is 0 Å². The van der Waals surface area contributed by atoms with Crippen LogP contribution in [0, 0.1) is 0 Å². The smallest absolute Gasteiger partial charge is 0.335 e. The third kappa shape index (κ3) is 9.07. The van der Waals surface area contributed by atoms with Crippen molar-refractivity contribution in [2.24, 2.45) is 0 Å². The third-order valence-corrected chi connectivity index (χ3v) is 7.77. The monoisotopic (exact) mass is 534 g/mol. The molecular weight excluding hydrogens is 496 g/mol. The average molecular weight is 535 g/mol. The maximum atomic E-state index is 13.8. The van der Waals surface area contributed by atoms with Crippen LogP contribution >= 0.6 is 0 Å². The number of carboxylic acid groups (broad SMARTS) is 2. The molecule has 0 aliphatic carbocycles. The Bertz CT molecular complexity index is 1060. The van der Waals surface area contributed by atoms with Gasteiger partial charge in [0.05, 0.1) is 24.3 Å². The molecule has 2 aromatic rings. The molecule has 0 spiro atoms. The quantitative estimate of drug-likeness (QED) is 0.204. The summed E-state index contributed by atoms with van der Waals surface area (Å²) in [5.41, 5.74) is -0.441. The first kappa shape index (κ1) is 30.2. The summed E-state index contributed by atoms with van der Waals surface area (Å²) in [6.45, 7) is 4.77. The van der Waals surface area contributed by atoms with Gasteiger partial charge in [-0.2, -0.15) is 0 Å². The Labute approximate surface area is 219 Å². The summed E-state index contributed by atoms with van der Waals surface area (Å²) in [5, 5.41) is 18.9. The van der Waals surface area contributed by atoms with E-state index >= 15 is 0 Å². The molecule has 0 aliphatic heterocycles. The summed E-state index contributed by atoms with van der Waals surface area (Å²) in [6, 6.07) is 7.33. The first-order chi connectivity index (χ1) is 17.7. The number of ether oxygens (including phenoxy) is 2. The number of rotatable bonds is 18. The minimum Gasteiger partial charge on any atom is -0.492 e. The first-order valence-corrected chi connectivity index (χ1v) is 14.5. The molecule has 0 aromatic heterocycles. The Kier molecular flexibility index (Phi) is 12.4. The van der Waals surface area contributed by atoms with Crippen LogP contribution in [-0.2, 0) is 9.84 Å². The lowest BCUT2D eigenvalue weighted by atomic mass is 10.2. The van der Waals surface area contributed by atoms with Gasteiger partial charge in [-0.25, -0.2) is 18.0 Å². The van der Waals surface area contributed by atoms with E-state index in [1.165, 1.54) is 24.3 Å². The molecule has 0 saturated carbocycles. The summed E-state index contributed by atoms with van der Waals surface area (Å²) in [7, 11) is -4.39. The van der Waals surface area contributed by atoms with Gasteiger partial charge in [0, 0.05) is 0 Å². The van der Waals surface area contributed by atoms with Gasteiger partial charge in [-0.3, -0.25) is 0 Å². The molecule has 2 rings (SSSR count). The van der Waals surface area contributed by atoms with Crippen molar-refractivity contribution in [3.05, 3.63) is 47.5 Å². The fourth-order valence-corrected chi connectivity index (χ4v) is 5.42. The van der Waals surface area contributed by atoms with Gasteiger partial charge in [0.15, 0.2) is 0 Å². The lowest BCUT2D eigenvalue weighted by molar-refractivity contribution is 0.0685. The van der Waals surface area contributed by atoms with Crippen LogP contribution in [0.25, 0.3) is 0 Å². The second kappa shape index (κ2) is 15.2. The zero-order valence-corrected chi connectivity index (χ0v) is 22.5. The largest absolute Gasteiger partial charge is 0.492 e. The summed E-state index contributed by atoms with van der Waals surface area (Å²) in [4.78, 5) is 22.5. The molecule has 2 N–H and O–H groups in total. The fourth-order valence-electron chi connectivity index (χ4n) is 3.83. The van der Waals surface area contributed by atoms with Crippen LogP contribution in [0.2, 0.25) is 0 Å². The van der Waals surface area contributed by atoms with E-state index in [1.807, 2.05) is 0 Å². The Hall–Kier alpha value is -3.07. The minimum atomic E-state index is -4.39. The second-order valence-electron chi connectivity index (χ2n) is 8.96. The zero-order valence-electron chi connectivity index (χ0n) is 21.7. The highest BCUT2D eigenvalue weighted by Gasteiger charge is 2.29. The number of aromatic carboxylic acids is 2. The van der Waals surface area contributed by atoms with E-state index in [0.717, 1.165) is 76.3 Å². The highest BCUT2D eigenvalue weighted by molar-refractivity contribution is 7.91. The van der Waals surface area contributed by atoms with Gasteiger partial charge in [-0.05, 0) is 49.2 Å². The van der Waals surface area contributed by atoms with Gasteiger partial charge >= 0.3 is 11.9 Å². The molecule has 0 heterocycles. The molecule has 0 fully saturated rings. The van der Waals surface area contributed by atoms with Crippen molar-refractivity contribution in [2.45, 2.75) is 87.8 Å². The normalized spacial score (nSPS) is 11.3. The van der Waals surface area contributed by atoms with Crippen LogP contribution in [0.15, 0.2) is 46.2 Å². The summed E-state index contributed by atoms with van der Waals surface area (Å²) in [5.74, 6) is -2.53. The number of hydrogen-bond donors (Lipinski definition) is 2. The predicted octanol–water partition coefficient (Wildman–Crippen LogP) is 6.61. The lowest BCUT2D eigenvalue weighted by Crippen LogP contribution is -2.12. The molecule has 0 saturated heterocycles. The minimum absolute atomic E-state index is 0.0201. The van der Waals surface area contributed by atoms with Crippen LogP contribution in [0.1, 0.15) is 98.8 Å². The lowest BCUT2D eigenvalue weighted by Gasteiger charge is -2.16. The summed E-state index contributed by atoms with van der Waals surface area (Å²) >= 11 is 0. The number of sulfone groups is 1. The second-order valence-corrected chi connectivity index (χ2v) is 10.8. The van der Waals surface area contributed by atoms with Gasteiger partial charge < -0.3 is 19.7 Å². The van der Waals surface area contributed by atoms with E-state index in [0.29, 0.717) is 0 Å². The molecule has 2 aromatic carbocycles. The predicted molar refractivity (Wildman–Crippen MR) is 141 cm³/mol. The van der Waals surface area contributed by atoms with Gasteiger partial charge in [0.2, 0.25) is 9.84 Å². The molecule has 0 bridgehead atoms. The van der Waals surface area contributed by atoms with Crippen molar-refractivity contribution in [1.82, 2.24) is 0 Å². The van der Waals surface area contributed by atoms with Crippen molar-refractivity contribution in [2.75, 3.05) is 13.2 Å². The molecule has 204 valence electrons. The summed E-state index contributed by atoms with van der Waals surface area (Å²) < 4.78 is 39.2. The van der Waals surface area contributed by atoms with Crippen LogP contribution in [0.5, 0.6) is 11.5 Å². The Balaban J connectivity index is 2.41. The Morgan fingerprint density at radius 1 is 0.649 bits per heavy atom. The highest BCUT2D eigenvalue weighted by atomic mass is 32.2. The first-order valence-electron chi connectivity index (χ1n) is 13.0. The Morgan fingerprint density at radius 2 is 1.03 bits per heavy atom. The molecule has 9 heteroatoms. The van der Waals surface area contributed by atoms with Crippen LogP contribution in [-0.4, -0.2) is 43.8 Å². The number of benzene rings is 2. The van der Waals surface area contributed by atoms with Gasteiger partial charge in [0.25, 0.3) is 0 Å². The zero-order chi connectivity index (χ0) is 27.3. The molecule has 8 nitrogen and oxygen atoms in total.